The Hall–Kier alpha value is -3.06. The Morgan fingerprint density at radius 3 is 2.39 bits per heavy atom. The first-order valence-electron chi connectivity index (χ1n) is 10.7. The molecule has 7 nitrogen and oxygen atoms in total. The molecule has 0 aliphatic carbocycles. The number of unbranched alkanes of at least 4 members (excludes halogenated alkanes) is 1. The first kappa shape index (κ1) is 22.6. The summed E-state index contributed by atoms with van der Waals surface area (Å²) in [5.74, 6) is -0.228. The lowest BCUT2D eigenvalue weighted by Gasteiger charge is -2.28. The monoisotopic (exact) mass is 426 g/mol. The Morgan fingerprint density at radius 2 is 1.74 bits per heavy atom. The number of nitrogens with zero attached hydrogens (tertiary/aromatic N) is 1. The van der Waals surface area contributed by atoms with Gasteiger partial charge in [0.2, 0.25) is 0 Å². The molecular weight excluding hydrogens is 396 g/mol. The standard InChI is InChI=1S/C24H30N2O5/c1-3-4-15-30-22-11-5-19(6-12-22)24(28)31-18(2)23(27)25-20-7-9-21(10-8-20)26-13-16-29-17-14-26/h5-12,18H,3-4,13-17H2,1-2H3,(H,25,27)/t18-/m1/s1. The van der Waals surface area contributed by atoms with Crippen LogP contribution in [0.3, 0.4) is 0 Å². The smallest absolute Gasteiger partial charge is 0.338 e. The van der Waals surface area contributed by atoms with Crippen molar-refractivity contribution >= 4 is 23.3 Å². The number of esters is 1. The average Bonchev–Trinajstić information content (AvgIpc) is 2.80. The summed E-state index contributed by atoms with van der Waals surface area (Å²) >= 11 is 0. The summed E-state index contributed by atoms with van der Waals surface area (Å²) in [6.45, 7) is 7.43. The van der Waals surface area contributed by atoms with Gasteiger partial charge in [0, 0.05) is 24.5 Å². The maximum absolute atomic E-state index is 12.4. The third-order valence-electron chi connectivity index (χ3n) is 5.02. The van der Waals surface area contributed by atoms with E-state index in [-0.39, 0.29) is 5.91 Å². The lowest BCUT2D eigenvalue weighted by molar-refractivity contribution is -0.123. The van der Waals surface area contributed by atoms with Gasteiger partial charge < -0.3 is 24.4 Å². The molecule has 1 fully saturated rings. The van der Waals surface area contributed by atoms with Crippen molar-refractivity contribution in [2.75, 3.05) is 43.1 Å². The fraction of sp³-hybridized carbons (Fsp3) is 0.417. The van der Waals surface area contributed by atoms with E-state index in [9.17, 15) is 9.59 Å². The molecule has 0 aromatic heterocycles. The largest absolute Gasteiger partial charge is 0.494 e. The molecule has 2 aromatic rings. The maximum Gasteiger partial charge on any atom is 0.338 e. The second-order valence-electron chi connectivity index (χ2n) is 7.41. The third kappa shape index (κ3) is 6.72. The summed E-state index contributed by atoms with van der Waals surface area (Å²) < 4.78 is 16.3. The van der Waals surface area contributed by atoms with Crippen LogP contribution in [-0.4, -0.2) is 50.9 Å². The van der Waals surface area contributed by atoms with Gasteiger partial charge in [-0.3, -0.25) is 4.79 Å². The van der Waals surface area contributed by atoms with Gasteiger partial charge in [0.15, 0.2) is 6.10 Å². The van der Waals surface area contributed by atoms with Crippen molar-refractivity contribution < 1.29 is 23.8 Å². The van der Waals surface area contributed by atoms with Crippen molar-refractivity contribution in [3.8, 4) is 5.75 Å². The normalized spacial score (nSPS) is 14.6. The number of nitrogens with one attached hydrogen (secondary N) is 1. The highest BCUT2D eigenvalue weighted by Crippen LogP contribution is 2.19. The molecular formula is C24H30N2O5. The number of rotatable bonds is 9. The second kappa shape index (κ2) is 11.4. The van der Waals surface area contributed by atoms with E-state index in [4.69, 9.17) is 14.2 Å². The zero-order valence-electron chi connectivity index (χ0n) is 18.1. The quantitative estimate of drug-likeness (QED) is 0.484. The molecule has 0 bridgehead atoms. The molecule has 0 unspecified atom stereocenters. The van der Waals surface area contributed by atoms with Crippen LogP contribution >= 0.6 is 0 Å². The van der Waals surface area contributed by atoms with Gasteiger partial charge in [-0.1, -0.05) is 13.3 Å². The summed E-state index contributed by atoms with van der Waals surface area (Å²) in [5, 5.41) is 2.79. The fourth-order valence-corrected chi connectivity index (χ4v) is 3.12. The van der Waals surface area contributed by atoms with Gasteiger partial charge in [0.1, 0.15) is 5.75 Å². The zero-order chi connectivity index (χ0) is 22.1. The molecule has 0 spiro atoms. The highest BCUT2D eigenvalue weighted by molar-refractivity contribution is 5.97. The first-order chi connectivity index (χ1) is 15.1. The molecule has 0 radical (unpaired) electrons. The summed E-state index contributed by atoms with van der Waals surface area (Å²) in [5.41, 5.74) is 2.11. The summed E-state index contributed by atoms with van der Waals surface area (Å²) in [7, 11) is 0. The molecule has 166 valence electrons. The molecule has 0 saturated carbocycles. The molecule has 1 aliphatic heterocycles. The van der Waals surface area contributed by atoms with Gasteiger partial charge in [-0.2, -0.15) is 0 Å². The van der Waals surface area contributed by atoms with Crippen molar-refractivity contribution in [1.29, 1.82) is 0 Å². The van der Waals surface area contributed by atoms with Crippen LogP contribution in [0.25, 0.3) is 0 Å². The van der Waals surface area contributed by atoms with Crippen molar-refractivity contribution in [2.45, 2.75) is 32.8 Å². The Balaban J connectivity index is 1.48. The van der Waals surface area contributed by atoms with Crippen LogP contribution < -0.4 is 15.0 Å². The number of anilines is 2. The van der Waals surface area contributed by atoms with Crippen molar-refractivity contribution in [1.82, 2.24) is 0 Å². The molecule has 31 heavy (non-hydrogen) atoms. The minimum Gasteiger partial charge on any atom is -0.494 e. The lowest BCUT2D eigenvalue weighted by Crippen LogP contribution is -2.36. The van der Waals surface area contributed by atoms with E-state index in [0.29, 0.717) is 23.6 Å². The Morgan fingerprint density at radius 1 is 1.06 bits per heavy atom. The molecule has 1 saturated heterocycles. The number of hydrogen-bond acceptors (Lipinski definition) is 6. The molecule has 1 atom stereocenters. The highest BCUT2D eigenvalue weighted by atomic mass is 16.5. The van der Waals surface area contributed by atoms with Gasteiger partial charge in [-0.15, -0.1) is 0 Å². The first-order valence-corrected chi connectivity index (χ1v) is 10.7. The van der Waals surface area contributed by atoms with E-state index < -0.39 is 12.1 Å². The molecule has 1 amide bonds. The van der Waals surface area contributed by atoms with Crippen LogP contribution in [0.15, 0.2) is 48.5 Å². The average molecular weight is 427 g/mol. The van der Waals surface area contributed by atoms with Crippen LogP contribution in [0.1, 0.15) is 37.0 Å². The minimum atomic E-state index is -0.924. The summed E-state index contributed by atoms with van der Waals surface area (Å²) in [4.78, 5) is 27.0. The van der Waals surface area contributed by atoms with Crippen LogP contribution in [0.5, 0.6) is 5.75 Å². The van der Waals surface area contributed by atoms with E-state index in [0.717, 1.165) is 44.8 Å². The van der Waals surface area contributed by atoms with Crippen LogP contribution in [-0.2, 0) is 14.3 Å². The van der Waals surface area contributed by atoms with E-state index in [1.54, 1.807) is 31.2 Å². The zero-order valence-corrected chi connectivity index (χ0v) is 18.1. The number of hydrogen-bond donors (Lipinski definition) is 1. The van der Waals surface area contributed by atoms with Crippen LogP contribution in [0.2, 0.25) is 0 Å². The Kier molecular flexibility index (Phi) is 8.29. The number of benzene rings is 2. The SMILES string of the molecule is CCCCOc1ccc(C(=O)O[C@H](C)C(=O)Nc2ccc(N3CCOCC3)cc2)cc1. The van der Waals surface area contributed by atoms with Crippen molar-refractivity contribution in [3.63, 3.8) is 0 Å². The third-order valence-corrected chi connectivity index (χ3v) is 5.02. The summed E-state index contributed by atoms with van der Waals surface area (Å²) in [6.07, 6.45) is 1.11. The predicted octanol–water partition coefficient (Wildman–Crippen LogP) is 3.89. The molecule has 1 heterocycles. The topological polar surface area (TPSA) is 77.1 Å². The number of carbonyl (C=O) groups is 2. The van der Waals surface area contributed by atoms with E-state index in [2.05, 4.69) is 17.1 Å². The molecule has 1 aliphatic rings. The molecule has 3 rings (SSSR count). The van der Waals surface area contributed by atoms with Crippen LogP contribution in [0.4, 0.5) is 11.4 Å². The van der Waals surface area contributed by atoms with E-state index >= 15 is 0 Å². The van der Waals surface area contributed by atoms with Crippen molar-refractivity contribution in [2.24, 2.45) is 0 Å². The van der Waals surface area contributed by atoms with E-state index in [1.807, 2.05) is 24.3 Å². The number of morpholine rings is 1. The second-order valence-corrected chi connectivity index (χ2v) is 7.41. The molecule has 2 aromatic carbocycles. The maximum atomic E-state index is 12.4. The van der Waals surface area contributed by atoms with Gasteiger partial charge in [0.05, 0.1) is 25.4 Å². The Labute approximate surface area is 183 Å². The van der Waals surface area contributed by atoms with Gasteiger partial charge in [-0.25, -0.2) is 4.79 Å². The fourth-order valence-electron chi connectivity index (χ4n) is 3.12. The lowest BCUT2D eigenvalue weighted by atomic mass is 10.2. The Bertz CT molecular complexity index is 845. The summed E-state index contributed by atoms with van der Waals surface area (Å²) in [6, 6.07) is 14.3. The number of carbonyl (C=O) groups excluding carboxylic acids is 2. The van der Waals surface area contributed by atoms with Gasteiger partial charge >= 0.3 is 5.97 Å². The molecule has 1 N–H and O–H groups in total. The number of amides is 1. The minimum absolute atomic E-state index is 0.373. The van der Waals surface area contributed by atoms with Crippen LogP contribution in [0, 0.1) is 0 Å². The number of ether oxygens (including phenoxy) is 3. The predicted molar refractivity (Wildman–Crippen MR) is 120 cm³/mol. The van der Waals surface area contributed by atoms with E-state index in [1.165, 1.54) is 0 Å². The molecule has 7 heteroatoms. The van der Waals surface area contributed by atoms with Gasteiger partial charge in [0.25, 0.3) is 5.91 Å². The van der Waals surface area contributed by atoms with Crippen molar-refractivity contribution in [3.05, 3.63) is 54.1 Å². The van der Waals surface area contributed by atoms with Gasteiger partial charge in [-0.05, 0) is 61.9 Å². The highest BCUT2D eigenvalue weighted by Gasteiger charge is 2.19.